The van der Waals surface area contributed by atoms with Crippen LogP contribution in [-0.2, 0) is 24.3 Å². The number of urea groups is 1. The maximum atomic E-state index is 12.3. The molecule has 0 radical (unpaired) electrons. The molecule has 0 aliphatic heterocycles. The van der Waals surface area contributed by atoms with Crippen molar-refractivity contribution in [3.05, 3.63) is 28.3 Å². The standard InChI is InChI=1S/C18H24N4O8S2/c1-31-15-8-7-13(9-14(15)22(26)27)32(28,29)19-10-17(24)30-11-16(23)21-18(25)20-12-5-3-2-4-6-12/h7-9,12,19H,2-6,10-11H2,1H3,(H2,20,21,23,25). The van der Waals surface area contributed by atoms with Crippen LogP contribution in [0, 0.1) is 10.1 Å². The summed E-state index contributed by atoms with van der Waals surface area (Å²) in [5.74, 6) is -1.93. The normalized spacial score (nSPS) is 14.4. The minimum Gasteiger partial charge on any atom is -0.455 e. The van der Waals surface area contributed by atoms with E-state index in [4.69, 9.17) is 0 Å². The molecule has 0 aromatic heterocycles. The summed E-state index contributed by atoms with van der Waals surface area (Å²) in [6.07, 6.45) is 6.39. The van der Waals surface area contributed by atoms with Gasteiger partial charge in [0.05, 0.1) is 14.7 Å². The van der Waals surface area contributed by atoms with Crippen LogP contribution in [0.25, 0.3) is 0 Å². The first kappa shape index (κ1) is 25.5. The first-order chi connectivity index (χ1) is 15.1. The fourth-order valence-corrected chi connectivity index (χ4v) is 4.58. The van der Waals surface area contributed by atoms with Crippen LogP contribution in [0.3, 0.4) is 0 Å². The molecule has 3 N–H and O–H groups in total. The summed E-state index contributed by atoms with van der Waals surface area (Å²) in [7, 11) is -4.24. The van der Waals surface area contributed by atoms with Gasteiger partial charge in [0, 0.05) is 12.1 Å². The first-order valence-electron chi connectivity index (χ1n) is 9.70. The monoisotopic (exact) mass is 488 g/mol. The number of amides is 3. The van der Waals surface area contributed by atoms with Crippen molar-refractivity contribution in [1.29, 1.82) is 0 Å². The largest absolute Gasteiger partial charge is 0.455 e. The Morgan fingerprint density at radius 3 is 2.53 bits per heavy atom. The molecule has 0 bridgehead atoms. The lowest BCUT2D eigenvalue weighted by atomic mass is 9.96. The van der Waals surface area contributed by atoms with E-state index in [1.54, 1.807) is 6.26 Å². The lowest BCUT2D eigenvalue weighted by molar-refractivity contribution is -0.388. The average Bonchev–Trinajstić information content (AvgIpc) is 2.76. The summed E-state index contributed by atoms with van der Waals surface area (Å²) >= 11 is 1.09. The quantitative estimate of drug-likeness (QED) is 0.200. The number of ether oxygens (including phenoxy) is 1. The number of benzene rings is 1. The molecule has 0 spiro atoms. The lowest BCUT2D eigenvalue weighted by Gasteiger charge is -2.22. The highest BCUT2D eigenvalue weighted by atomic mass is 32.2. The number of hydrogen-bond acceptors (Lipinski definition) is 9. The molecule has 1 aromatic rings. The van der Waals surface area contributed by atoms with Gasteiger partial charge < -0.3 is 10.1 Å². The van der Waals surface area contributed by atoms with Gasteiger partial charge in [-0.25, -0.2) is 13.2 Å². The molecule has 1 fully saturated rings. The lowest BCUT2D eigenvalue weighted by Crippen LogP contribution is -2.46. The van der Waals surface area contributed by atoms with Crippen molar-refractivity contribution >= 4 is 45.4 Å². The van der Waals surface area contributed by atoms with E-state index in [0.717, 1.165) is 49.9 Å². The van der Waals surface area contributed by atoms with Crippen LogP contribution < -0.4 is 15.4 Å². The predicted molar refractivity (Wildman–Crippen MR) is 115 cm³/mol. The first-order valence-corrected chi connectivity index (χ1v) is 12.4. The van der Waals surface area contributed by atoms with Crippen molar-refractivity contribution < 1.29 is 32.5 Å². The summed E-state index contributed by atoms with van der Waals surface area (Å²) in [6, 6.07) is 2.66. The minimum absolute atomic E-state index is 0.00526. The summed E-state index contributed by atoms with van der Waals surface area (Å²) < 4.78 is 31.2. The molecular weight excluding hydrogens is 464 g/mol. The summed E-state index contributed by atoms with van der Waals surface area (Å²) in [5, 5.41) is 15.8. The zero-order valence-electron chi connectivity index (χ0n) is 17.3. The van der Waals surface area contributed by atoms with Crippen LogP contribution in [0.2, 0.25) is 0 Å². The second-order valence-electron chi connectivity index (χ2n) is 6.93. The summed E-state index contributed by atoms with van der Waals surface area (Å²) in [4.78, 5) is 45.6. The fraction of sp³-hybridized carbons (Fsp3) is 0.500. The van der Waals surface area contributed by atoms with E-state index < -0.39 is 50.9 Å². The van der Waals surface area contributed by atoms with Gasteiger partial charge in [0.1, 0.15) is 6.54 Å². The summed E-state index contributed by atoms with van der Waals surface area (Å²) in [6.45, 7) is -1.57. The van der Waals surface area contributed by atoms with Crippen molar-refractivity contribution in [1.82, 2.24) is 15.4 Å². The molecular formula is C18H24N4O8S2. The highest BCUT2D eigenvalue weighted by Gasteiger charge is 2.22. The Balaban J connectivity index is 1.80. The SMILES string of the molecule is CSc1ccc(S(=O)(=O)NCC(=O)OCC(=O)NC(=O)NC2CCCCC2)cc1[N+](=O)[O-]. The minimum atomic E-state index is -4.24. The molecule has 32 heavy (non-hydrogen) atoms. The number of nitro groups is 1. The molecule has 0 saturated heterocycles. The number of thioether (sulfide) groups is 1. The van der Waals surface area contributed by atoms with Crippen molar-refractivity contribution in [3.63, 3.8) is 0 Å². The van der Waals surface area contributed by atoms with Crippen molar-refractivity contribution in [3.8, 4) is 0 Å². The van der Waals surface area contributed by atoms with Crippen molar-refractivity contribution in [2.45, 2.75) is 47.9 Å². The van der Waals surface area contributed by atoms with Crippen molar-refractivity contribution in [2.75, 3.05) is 19.4 Å². The van der Waals surface area contributed by atoms with E-state index in [2.05, 4.69) is 10.1 Å². The van der Waals surface area contributed by atoms with Gasteiger partial charge >= 0.3 is 12.0 Å². The van der Waals surface area contributed by atoms with E-state index in [-0.39, 0.29) is 16.6 Å². The maximum Gasteiger partial charge on any atom is 0.321 e. The van der Waals surface area contributed by atoms with Gasteiger partial charge in [-0.2, -0.15) is 4.72 Å². The highest BCUT2D eigenvalue weighted by Crippen LogP contribution is 2.29. The van der Waals surface area contributed by atoms with Crippen LogP contribution in [0.4, 0.5) is 10.5 Å². The number of nitrogens with zero attached hydrogens (tertiary/aromatic N) is 1. The molecule has 1 aliphatic rings. The molecule has 1 aromatic carbocycles. The zero-order chi connectivity index (χ0) is 23.7. The molecule has 14 heteroatoms. The van der Waals surface area contributed by atoms with Crippen LogP contribution in [0.5, 0.6) is 0 Å². The number of carbonyl (C=O) groups is 3. The van der Waals surface area contributed by atoms with Gasteiger partial charge in [0.15, 0.2) is 6.61 Å². The third-order valence-corrected chi connectivity index (χ3v) is 6.81. The number of imide groups is 1. The Labute approximate surface area is 189 Å². The number of hydrogen-bond donors (Lipinski definition) is 3. The molecule has 12 nitrogen and oxygen atoms in total. The van der Waals surface area contributed by atoms with Crippen molar-refractivity contribution in [2.24, 2.45) is 0 Å². The topological polar surface area (TPSA) is 174 Å². The van der Waals surface area contributed by atoms with Crippen LogP contribution in [0.1, 0.15) is 32.1 Å². The van der Waals surface area contributed by atoms with E-state index in [1.807, 2.05) is 10.0 Å². The third-order valence-electron chi connectivity index (χ3n) is 4.62. The number of carbonyl (C=O) groups excluding carboxylic acids is 3. The van der Waals surface area contributed by atoms with Gasteiger partial charge in [-0.3, -0.25) is 25.0 Å². The Morgan fingerprint density at radius 1 is 1.22 bits per heavy atom. The Morgan fingerprint density at radius 2 is 1.91 bits per heavy atom. The smallest absolute Gasteiger partial charge is 0.321 e. The Bertz CT molecular complexity index is 977. The number of rotatable bonds is 9. The van der Waals surface area contributed by atoms with Gasteiger partial charge in [-0.1, -0.05) is 19.3 Å². The van der Waals surface area contributed by atoms with Gasteiger partial charge in [0.25, 0.3) is 11.6 Å². The van der Waals surface area contributed by atoms with Crippen LogP contribution in [-0.4, -0.2) is 56.7 Å². The molecule has 0 heterocycles. The van der Waals surface area contributed by atoms with Gasteiger partial charge in [-0.05, 0) is 31.2 Å². The summed E-state index contributed by atoms with van der Waals surface area (Å²) in [5.41, 5.74) is -0.383. The molecule has 3 amide bonds. The molecule has 0 atom stereocenters. The molecule has 0 unspecified atom stereocenters. The molecule has 2 rings (SSSR count). The van der Waals surface area contributed by atoms with Crippen LogP contribution >= 0.6 is 11.8 Å². The van der Waals surface area contributed by atoms with E-state index in [0.29, 0.717) is 0 Å². The van der Waals surface area contributed by atoms with E-state index in [1.165, 1.54) is 12.1 Å². The maximum absolute atomic E-state index is 12.3. The van der Waals surface area contributed by atoms with E-state index in [9.17, 15) is 32.9 Å². The molecule has 1 saturated carbocycles. The molecule has 176 valence electrons. The Hall–Kier alpha value is -2.71. The number of nitro benzene ring substituents is 1. The fourth-order valence-electron chi connectivity index (χ4n) is 3.05. The highest BCUT2D eigenvalue weighted by molar-refractivity contribution is 7.98. The van der Waals surface area contributed by atoms with E-state index >= 15 is 0 Å². The Kier molecular flexibility index (Phi) is 9.41. The second kappa shape index (κ2) is 11.8. The van der Waals surface area contributed by atoms with Crippen LogP contribution in [0.15, 0.2) is 28.0 Å². The average molecular weight is 489 g/mol. The number of nitrogens with one attached hydrogen (secondary N) is 3. The number of sulfonamides is 1. The third kappa shape index (κ3) is 7.76. The van der Waals surface area contributed by atoms with Gasteiger partial charge in [0.2, 0.25) is 10.0 Å². The zero-order valence-corrected chi connectivity index (χ0v) is 18.9. The van der Waals surface area contributed by atoms with Gasteiger partial charge in [-0.15, -0.1) is 11.8 Å². The second-order valence-corrected chi connectivity index (χ2v) is 9.55. The number of esters is 1. The predicted octanol–water partition coefficient (Wildman–Crippen LogP) is 1.30. The molecule has 1 aliphatic carbocycles.